The lowest BCUT2D eigenvalue weighted by Gasteiger charge is -2.07. The number of hydrogen-bond acceptors (Lipinski definition) is 3. The summed E-state index contributed by atoms with van der Waals surface area (Å²) in [6.07, 6.45) is 0. The first-order valence-corrected chi connectivity index (χ1v) is 6.54. The van der Waals surface area contributed by atoms with Gasteiger partial charge in [-0.25, -0.2) is 4.79 Å². The fourth-order valence-electron chi connectivity index (χ4n) is 2.27. The molecular weight excluding hydrogens is 268 g/mol. The van der Waals surface area contributed by atoms with Crippen molar-refractivity contribution < 1.29 is 4.74 Å². The number of H-pyrrole nitrogens is 1. The first-order chi connectivity index (χ1) is 10.2. The zero-order valence-corrected chi connectivity index (χ0v) is 11.5. The van der Waals surface area contributed by atoms with Crippen LogP contribution in [0.2, 0.25) is 0 Å². The van der Waals surface area contributed by atoms with Crippen LogP contribution in [-0.2, 0) is 6.54 Å². The van der Waals surface area contributed by atoms with Gasteiger partial charge in [-0.3, -0.25) is 9.36 Å². The second-order valence-electron chi connectivity index (χ2n) is 4.72. The van der Waals surface area contributed by atoms with E-state index in [1.165, 1.54) is 11.7 Å². The number of rotatable bonds is 3. The lowest BCUT2D eigenvalue weighted by molar-refractivity contribution is 0.415. The summed E-state index contributed by atoms with van der Waals surface area (Å²) in [5, 5.41) is 0.435. The topological polar surface area (TPSA) is 64.1 Å². The number of hydrogen-bond donors (Lipinski definition) is 1. The van der Waals surface area contributed by atoms with Crippen molar-refractivity contribution in [1.29, 1.82) is 0 Å². The molecule has 0 unspecified atom stereocenters. The number of aromatic amines is 1. The molecule has 21 heavy (non-hydrogen) atoms. The smallest absolute Gasteiger partial charge is 0.329 e. The molecule has 1 aromatic heterocycles. The van der Waals surface area contributed by atoms with Crippen LogP contribution in [0.25, 0.3) is 10.9 Å². The Labute approximate surface area is 120 Å². The maximum Gasteiger partial charge on any atom is 0.329 e. The third-order valence-electron chi connectivity index (χ3n) is 3.37. The lowest BCUT2D eigenvalue weighted by atomic mass is 10.2. The molecule has 106 valence electrons. The third kappa shape index (κ3) is 2.45. The largest absolute Gasteiger partial charge is 0.497 e. The average molecular weight is 282 g/mol. The fourth-order valence-corrected chi connectivity index (χ4v) is 2.27. The van der Waals surface area contributed by atoms with Crippen LogP contribution in [0.3, 0.4) is 0 Å². The van der Waals surface area contributed by atoms with E-state index in [1.54, 1.807) is 18.2 Å². The van der Waals surface area contributed by atoms with Crippen molar-refractivity contribution in [3.05, 3.63) is 74.9 Å². The molecule has 0 aliphatic heterocycles. The molecule has 5 heteroatoms. The van der Waals surface area contributed by atoms with E-state index in [9.17, 15) is 9.59 Å². The van der Waals surface area contributed by atoms with Crippen molar-refractivity contribution in [3.8, 4) is 5.75 Å². The van der Waals surface area contributed by atoms with Gasteiger partial charge < -0.3 is 9.72 Å². The fraction of sp³-hybridized carbons (Fsp3) is 0.125. The zero-order chi connectivity index (χ0) is 14.8. The van der Waals surface area contributed by atoms with Crippen molar-refractivity contribution in [1.82, 2.24) is 9.55 Å². The Kier molecular flexibility index (Phi) is 3.31. The zero-order valence-electron chi connectivity index (χ0n) is 11.5. The molecule has 0 saturated carbocycles. The maximum absolute atomic E-state index is 12.5. The molecule has 5 nitrogen and oxygen atoms in total. The predicted molar refractivity (Wildman–Crippen MR) is 80.9 cm³/mol. The molecule has 0 bridgehead atoms. The molecule has 3 aromatic rings. The van der Waals surface area contributed by atoms with Crippen LogP contribution >= 0.6 is 0 Å². The minimum absolute atomic E-state index is 0.238. The molecule has 0 atom stereocenters. The summed E-state index contributed by atoms with van der Waals surface area (Å²) in [4.78, 5) is 27.3. The second-order valence-corrected chi connectivity index (χ2v) is 4.72. The molecule has 0 saturated heterocycles. The normalized spacial score (nSPS) is 10.7. The number of methoxy groups -OCH3 is 1. The molecular formula is C16H14N2O3. The summed E-state index contributed by atoms with van der Waals surface area (Å²) < 4.78 is 6.32. The summed E-state index contributed by atoms with van der Waals surface area (Å²) in [6.45, 7) is 0.238. The van der Waals surface area contributed by atoms with Gasteiger partial charge in [0.05, 0.1) is 24.6 Å². The van der Waals surface area contributed by atoms with Crippen LogP contribution in [0.1, 0.15) is 5.56 Å². The Bertz CT molecular complexity index is 895. The van der Waals surface area contributed by atoms with Crippen LogP contribution in [0.5, 0.6) is 5.75 Å². The lowest BCUT2D eigenvalue weighted by Crippen LogP contribution is -2.35. The van der Waals surface area contributed by atoms with Crippen molar-refractivity contribution in [2.75, 3.05) is 7.11 Å². The number of benzene rings is 2. The maximum atomic E-state index is 12.5. The van der Waals surface area contributed by atoms with Crippen molar-refractivity contribution in [2.24, 2.45) is 0 Å². The highest BCUT2D eigenvalue weighted by atomic mass is 16.5. The molecule has 0 spiro atoms. The van der Waals surface area contributed by atoms with E-state index in [-0.39, 0.29) is 12.1 Å². The van der Waals surface area contributed by atoms with E-state index in [4.69, 9.17) is 4.74 Å². The molecule has 1 heterocycles. The predicted octanol–water partition coefficient (Wildman–Crippen LogP) is 1.75. The van der Waals surface area contributed by atoms with E-state index in [0.29, 0.717) is 16.7 Å². The van der Waals surface area contributed by atoms with Crippen LogP contribution in [0.15, 0.2) is 58.1 Å². The Hall–Kier alpha value is -2.82. The number of nitrogens with one attached hydrogen (secondary N) is 1. The van der Waals surface area contributed by atoms with E-state index in [2.05, 4.69) is 4.98 Å². The minimum atomic E-state index is -0.415. The Morgan fingerprint density at radius 1 is 1.10 bits per heavy atom. The van der Waals surface area contributed by atoms with Crippen LogP contribution in [0, 0.1) is 0 Å². The summed E-state index contributed by atoms with van der Waals surface area (Å²) in [7, 11) is 1.54. The Balaban J connectivity index is 2.19. The van der Waals surface area contributed by atoms with E-state index in [0.717, 1.165) is 5.56 Å². The van der Waals surface area contributed by atoms with Crippen molar-refractivity contribution >= 4 is 10.9 Å². The highest BCUT2D eigenvalue weighted by Gasteiger charge is 2.09. The molecule has 0 radical (unpaired) electrons. The molecule has 0 aliphatic carbocycles. The monoisotopic (exact) mass is 282 g/mol. The number of aromatic nitrogens is 2. The van der Waals surface area contributed by atoms with Gasteiger partial charge >= 0.3 is 5.69 Å². The quantitative estimate of drug-likeness (QED) is 0.796. The van der Waals surface area contributed by atoms with Crippen LogP contribution in [0.4, 0.5) is 0 Å². The van der Waals surface area contributed by atoms with Crippen LogP contribution < -0.4 is 16.0 Å². The molecule has 3 rings (SSSR count). The van der Waals surface area contributed by atoms with Gasteiger partial charge in [-0.15, -0.1) is 0 Å². The van der Waals surface area contributed by atoms with Gasteiger partial charge in [-0.05, 0) is 23.8 Å². The molecule has 0 aliphatic rings. The van der Waals surface area contributed by atoms with Gasteiger partial charge in [0, 0.05) is 0 Å². The van der Waals surface area contributed by atoms with E-state index >= 15 is 0 Å². The highest BCUT2D eigenvalue weighted by molar-refractivity contribution is 5.78. The average Bonchev–Trinajstić information content (AvgIpc) is 2.52. The first-order valence-electron chi connectivity index (χ1n) is 6.54. The Morgan fingerprint density at radius 2 is 1.86 bits per heavy atom. The van der Waals surface area contributed by atoms with E-state index < -0.39 is 5.69 Å². The minimum Gasteiger partial charge on any atom is -0.497 e. The Morgan fingerprint density at radius 3 is 2.57 bits per heavy atom. The molecule has 0 amide bonds. The summed E-state index contributed by atoms with van der Waals surface area (Å²) in [6, 6.07) is 14.4. The summed E-state index contributed by atoms with van der Waals surface area (Å²) >= 11 is 0. The molecule has 2 aromatic carbocycles. The van der Waals surface area contributed by atoms with Crippen LogP contribution in [-0.4, -0.2) is 16.7 Å². The van der Waals surface area contributed by atoms with E-state index in [1.807, 2.05) is 30.3 Å². The molecule has 0 fully saturated rings. The molecule has 1 N–H and O–H groups in total. The third-order valence-corrected chi connectivity index (χ3v) is 3.37. The van der Waals surface area contributed by atoms with Gasteiger partial charge in [0.2, 0.25) is 0 Å². The first kappa shape index (κ1) is 13.2. The van der Waals surface area contributed by atoms with Crippen molar-refractivity contribution in [3.63, 3.8) is 0 Å². The van der Waals surface area contributed by atoms with Gasteiger partial charge in [-0.2, -0.15) is 0 Å². The van der Waals surface area contributed by atoms with Crippen molar-refractivity contribution in [2.45, 2.75) is 6.54 Å². The highest BCUT2D eigenvalue weighted by Crippen LogP contribution is 2.15. The standard InChI is InChI=1S/C16H14N2O3/c1-21-12-7-8-14-13(9-12)15(19)18(16(20)17-14)10-11-5-3-2-4-6-11/h2-9H,10H2,1H3,(H,17,20). The summed E-state index contributed by atoms with van der Waals surface area (Å²) in [5.41, 5.74) is 0.667. The second kappa shape index (κ2) is 5.28. The van der Waals surface area contributed by atoms with Gasteiger partial charge in [0.1, 0.15) is 5.75 Å². The van der Waals surface area contributed by atoms with Gasteiger partial charge in [0.25, 0.3) is 5.56 Å². The number of ether oxygens (including phenoxy) is 1. The SMILES string of the molecule is COc1ccc2[nH]c(=O)n(Cc3ccccc3)c(=O)c2c1. The number of nitrogens with zero attached hydrogens (tertiary/aromatic N) is 1. The van der Waals surface area contributed by atoms with Gasteiger partial charge in [-0.1, -0.05) is 30.3 Å². The summed E-state index contributed by atoms with van der Waals surface area (Å²) in [5.74, 6) is 0.581. The number of fused-ring (bicyclic) bond motifs is 1. The van der Waals surface area contributed by atoms with Gasteiger partial charge in [0.15, 0.2) is 0 Å².